The molecule has 0 aliphatic carbocycles. The van der Waals surface area contributed by atoms with Crippen LogP contribution >= 0.6 is 15.9 Å². The number of rotatable bonds is 5. The van der Waals surface area contributed by atoms with E-state index in [1.165, 1.54) is 0 Å². The quantitative estimate of drug-likeness (QED) is 0.905. The number of halogens is 1. The Hall–Kier alpha value is -1.63. The van der Waals surface area contributed by atoms with Gasteiger partial charge in [0, 0.05) is 18.9 Å². The zero-order valence-electron chi connectivity index (χ0n) is 10.9. The van der Waals surface area contributed by atoms with Crippen LogP contribution in [0.3, 0.4) is 0 Å². The Morgan fingerprint density at radius 2 is 2.32 bits per heavy atom. The summed E-state index contributed by atoms with van der Waals surface area (Å²) in [5, 5.41) is 11.2. The summed E-state index contributed by atoms with van der Waals surface area (Å²) in [4.78, 5) is 11.8. The third kappa shape index (κ3) is 3.44. The molecule has 19 heavy (non-hydrogen) atoms. The Balaban J connectivity index is 1.88. The summed E-state index contributed by atoms with van der Waals surface area (Å²) in [5.41, 5.74) is 1.87. The van der Waals surface area contributed by atoms with Crippen molar-refractivity contribution in [2.75, 3.05) is 0 Å². The van der Waals surface area contributed by atoms with Crippen molar-refractivity contribution in [1.29, 1.82) is 0 Å². The highest BCUT2D eigenvalue weighted by Gasteiger charge is 2.07. The number of amides is 1. The maximum absolute atomic E-state index is 11.8. The third-order valence-corrected chi connectivity index (χ3v) is 3.54. The van der Waals surface area contributed by atoms with Gasteiger partial charge in [0.15, 0.2) is 0 Å². The predicted molar refractivity (Wildman–Crippen MR) is 74.4 cm³/mol. The van der Waals surface area contributed by atoms with Crippen LogP contribution in [0.2, 0.25) is 0 Å². The number of aryl methyl sites for hydroxylation is 2. The SMILES string of the molecule is CCn1nccc1CNC(=O)Cn1cc(Br)c(C)n1. The molecule has 7 heteroatoms. The lowest BCUT2D eigenvalue weighted by Crippen LogP contribution is -2.28. The van der Waals surface area contributed by atoms with Gasteiger partial charge in [0.1, 0.15) is 6.54 Å². The van der Waals surface area contributed by atoms with E-state index in [-0.39, 0.29) is 12.5 Å². The molecule has 1 amide bonds. The minimum atomic E-state index is -0.0705. The van der Waals surface area contributed by atoms with Crippen molar-refractivity contribution in [3.63, 3.8) is 0 Å². The molecule has 0 bridgehead atoms. The molecule has 2 heterocycles. The molecule has 0 fully saturated rings. The van der Waals surface area contributed by atoms with Gasteiger partial charge in [-0.15, -0.1) is 0 Å². The van der Waals surface area contributed by atoms with Gasteiger partial charge in [-0.05, 0) is 35.8 Å². The lowest BCUT2D eigenvalue weighted by Gasteiger charge is -2.07. The highest BCUT2D eigenvalue weighted by Crippen LogP contribution is 2.12. The van der Waals surface area contributed by atoms with Crippen LogP contribution < -0.4 is 5.32 Å². The fourth-order valence-corrected chi connectivity index (χ4v) is 2.08. The normalized spacial score (nSPS) is 10.7. The van der Waals surface area contributed by atoms with Gasteiger partial charge in [-0.2, -0.15) is 10.2 Å². The van der Waals surface area contributed by atoms with E-state index in [1.807, 2.05) is 24.6 Å². The fraction of sp³-hybridized carbons (Fsp3) is 0.417. The number of nitrogens with zero attached hydrogens (tertiary/aromatic N) is 4. The maximum atomic E-state index is 11.8. The van der Waals surface area contributed by atoms with E-state index in [2.05, 4.69) is 31.4 Å². The molecule has 2 aromatic heterocycles. The van der Waals surface area contributed by atoms with Crippen LogP contribution in [0.4, 0.5) is 0 Å². The minimum Gasteiger partial charge on any atom is -0.349 e. The number of hydrogen-bond acceptors (Lipinski definition) is 3. The second-order valence-corrected chi connectivity index (χ2v) is 5.03. The smallest absolute Gasteiger partial charge is 0.242 e. The first-order chi connectivity index (χ1) is 9.10. The van der Waals surface area contributed by atoms with Gasteiger partial charge in [0.2, 0.25) is 5.91 Å². The van der Waals surface area contributed by atoms with Gasteiger partial charge in [-0.1, -0.05) is 0 Å². The standard InChI is InChI=1S/C12H16BrN5O/c1-3-18-10(4-5-15-18)6-14-12(19)8-17-7-11(13)9(2)16-17/h4-5,7H,3,6,8H2,1-2H3,(H,14,19). The summed E-state index contributed by atoms with van der Waals surface area (Å²) in [5.74, 6) is -0.0705. The van der Waals surface area contributed by atoms with Gasteiger partial charge >= 0.3 is 0 Å². The van der Waals surface area contributed by atoms with E-state index >= 15 is 0 Å². The van der Waals surface area contributed by atoms with E-state index in [0.29, 0.717) is 6.54 Å². The first-order valence-electron chi connectivity index (χ1n) is 6.07. The Kier molecular flexibility index (Phi) is 4.36. The van der Waals surface area contributed by atoms with Gasteiger partial charge in [-0.25, -0.2) is 0 Å². The summed E-state index contributed by atoms with van der Waals surface area (Å²) < 4.78 is 4.38. The van der Waals surface area contributed by atoms with E-state index in [0.717, 1.165) is 22.4 Å². The van der Waals surface area contributed by atoms with Crippen molar-refractivity contribution in [1.82, 2.24) is 24.9 Å². The molecule has 0 saturated carbocycles. The van der Waals surface area contributed by atoms with Crippen LogP contribution in [-0.4, -0.2) is 25.5 Å². The second kappa shape index (κ2) is 6.01. The molecule has 2 aromatic rings. The second-order valence-electron chi connectivity index (χ2n) is 4.18. The molecule has 0 unspecified atom stereocenters. The average Bonchev–Trinajstić information content (AvgIpc) is 2.94. The Labute approximate surface area is 119 Å². The van der Waals surface area contributed by atoms with Gasteiger partial charge in [0.05, 0.1) is 22.4 Å². The molecule has 0 saturated heterocycles. The molecule has 102 valence electrons. The molecule has 0 spiro atoms. The van der Waals surface area contributed by atoms with Crippen molar-refractivity contribution in [3.05, 3.63) is 34.3 Å². The average molecular weight is 326 g/mol. The van der Waals surface area contributed by atoms with E-state index in [9.17, 15) is 4.79 Å². The van der Waals surface area contributed by atoms with Crippen molar-refractivity contribution in [2.24, 2.45) is 0 Å². The molecule has 1 N–H and O–H groups in total. The van der Waals surface area contributed by atoms with Gasteiger partial charge in [0.25, 0.3) is 0 Å². The van der Waals surface area contributed by atoms with E-state index in [4.69, 9.17) is 0 Å². The van der Waals surface area contributed by atoms with Crippen molar-refractivity contribution in [2.45, 2.75) is 33.5 Å². The van der Waals surface area contributed by atoms with E-state index < -0.39 is 0 Å². The van der Waals surface area contributed by atoms with Crippen LogP contribution in [0.1, 0.15) is 18.3 Å². The van der Waals surface area contributed by atoms with Gasteiger partial charge in [-0.3, -0.25) is 14.2 Å². The Morgan fingerprint density at radius 1 is 1.53 bits per heavy atom. The van der Waals surface area contributed by atoms with Crippen LogP contribution in [-0.2, 0) is 24.4 Å². The molecule has 0 atom stereocenters. The number of carbonyl (C=O) groups excluding carboxylic acids is 1. The molecule has 0 aromatic carbocycles. The first-order valence-corrected chi connectivity index (χ1v) is 6.86. The number of aromatic nitrogens is 4. The number of hydrogen-bond donors (Lipinski definition) is 1. The van der Waals surface area contributed by atoms with Crippen molar-refractivity contribution in [3.8, 4) is 0 Å². The topological polar surface area (TPSA) is 64.7 Å². The van der Waals surface area contributed by atoms with Crippen LogP contribution in [0.15, 0.2) is 22.9 Å². The number of nitrogens with one attached hydrogen (secondary N) is 1. The molecular formula is C12H16BrN5O. The van der Waals surface area contributed by atoms with Gasteiger partial charge < -0.3 is 5.32 Å². The molecular weight excluding hydrogens is 310 g/mol. The Bertz CT molecular complexity index is 555. The Morgan fingerprint density at radius 3 is 2.95 bits per heavy atom. The summed E-state index contributed by atoms with van der Waals surface area (Å²) in [6.07, 6.45) is 3.53. The molecule has 0 aliphatic rings. The van der Waals surface area contributed by atoms with Crippen molar-refractivity contribution < 1.29 is 4.79 Å². The fourth-order valence-electron chi connectivity index (χ4n) is 1.76. The number of carbonyl (C=O) groups is 1. The molecule has 6 nitrogen and oxygen atoms in total. The zero-order valence-corrected chi connectivity index (χ0v) is 12.5. The highest BCUT2D eigenvalue weighted by molar-refractivity contribution is 9.10. The van der Waals surface area contributed by atoms with Crippen LogP contribution in [0.5, 0.6) is 0 Å². The summed E-state index contributed by atoms with van der Waals surface area (Å²) in [6.45, 7) is 5.39. The predicted octanol–water partition coefficient (Wildman–Crippen LogP) is 1.49. The third-order valence-electron chi connectivity index (χ3n) is 2.76. The highest BCUT2D eigenvalue weighted by atomic mass is 79.9. The summed E-state index contributed by atoms with van der Waals surface area (Å²) in [6, 6.07) is 1.90. The minimum absolute atomic E-state index is 0.0705. The molecule has 2 rings (SSSR count). The maximum Gasteiger partial charge on any atom is 0.242 e. The largest absolute Gasteiger partial charge is 0.349 e. The summed E-state index contributed by atoms with van der Waals surface area (Å²) >= 11 is 3.37. The van der Waals surface area contributed by atoms with Crippen molar-refractivity contribution >= 4 is 21.8 Å². The lowest BCUT2D eigenvalue weighted by molar-refractivity contribution is -0.122. The van der Waals surface area contributed by atoms with E-state index in [1.54, 1.807) is 17.1 Å². The molecule has 0 aliphatic heterocycles. The lowest BCUT2D eigenvalue weighted by atomic mass is 10.4. The van der Waals surface area contributed by atoms with Crippen LogP contribution in [0.25, 0.3) is 0 Å². The van der Waals surface area contributed by atoms with Crippen LogP contribution in [0, 0.1) is 6.92 Å². The monoisotopic (exact) mass is 325 g/mol. The first kappa shape index (κ1) is 13.8. The summed E-state index contributed by atoms with van der Waals surface area (Å²) in [7, 11) is 0. The zero-order chi connectivity index (χ0) is 13.8. The molecule has 0 radical (unpaired) electrons.